The second-order valence-electron chi connectivity index (χ2n) is 22.9. The van der Waals surface area contributed by atoms with Gasteiger partial charge in [0.1, 0.15) is 6.07 Å². The summed E-state index contributed by atoms with van der Waals surface area (Å²) in [5.41, 5.74) is 24.5. The highest BCUT2D eigenvalue weighted by molar-refractivity contribution is 6.13. The van der Waals surface area contributed by atoms with Crippen molar-refractivity contribution in [2.45, 2.75) is 6.92 Å². The van der Waals surface area contributed by atoms with Crippen molar-refractivity contribution in [1.29, 1.82) is 5.26 Å². The molecule has 0 saturated carbocycles. The zero-order chi connectivity index (χ0) is 60.9. The molecule has 0 fully saturated rings. The molecule has 0 aliphatic carbocycles. The number of hydrogen-bond donors (Lipinski definition) is 0. The van der Waals surface area contributed by atoms with Gasteiger partial charge in [0, 0.05) is 74.1 Å². The molecule has 8 heteroatoms. The molecule has 424 valence electrons. The number of nitrogens with zero attached hydrogens (tertiary/aromatic N) is 8. The smallest absolute Gasteiger partial charge is 0.188 e. The van der Waals surface area contributed by atoms with Gasteiger partial charge in [-0.05, 0) is 148 Å². The molecule has 16 rings (SSSR count). The lowest BCUT2D eigenvalue weighted by Crippen LogP contribution is -2.04. The monoisotopic (exact) mass is 1160 g/mol. The van der Waals surface area contributed by atoms with Gasteiger partial charge in [-0.1, -0.05) is 188 Å². The van der Waals surface area contributed by atoms with Crippen molar-refractivity contribution in [2.75, 3.05) is 0 Å². The topological polar surface area (TPSA) is 89.6 Å². The van der Waals surface area contributed by atoms with E-state index in [0.717, 1.165) is 156 Å². The summed E-state index contributed by atoms with van der Waals surface area (Å²) in [4.78, 5) is 23.3. The molecule has 0 aliphatic heterocycles. The number of rotatable bonds is 11. The molecule has 0 N–H and O–H groups in total. The Bertz CT molecular complexity index is 5340. The van der Waals surface area contributed by atoms with E-state index in [2.05, 4.69) is 208 Å². The van der Waals surface area contributed by atoms with Crippen LogP contribution in [0.3, 0.4) is 0 Å². The van der Waals surface area contributed by atoms with Gasteiger partial charge in [-0.25, -0.2) is 4.85 Å². The summed E-state index contributed by atoms with van der Waals surface area (Å²) in [5.74, 6) is 0. The molecule has 6 heterocycles. The Morgan fingerprint density at radius 3 is 0.978 bits per heavy atom. The van der Waals surface area contributed by atoms with E-state index in [-0.39, 0.29) is 0 Å². The third-order valence-electron chi connectivity index (χ3n) is 17.4. The van der Waals surface area contributed by atoms with Crippen LogP contribution in [0.15, 0.2) is 298 Å². The van der Waals surface area contributed by atoms with Crippen molar-refractivity contribution >= 4 is 49.3 Å². The highest BCUT2D eigenvalue weighted by Crippen LogP contribution is 2.45. The Hall–Kier alpha value is -12.6. The molecule has 0 spiro atoms. The number of aromatic nitrogens is 6. The van der Waals surface area contributed by atoms with Crippen LogP contribution in [0, 0.1) is 24.8 Å². The summed E-state index contributed by atoms with van der Waals surface area (Å²) in [6, 6.07) is 97.6. The van der Waals surface area contributed by atoms with E-state index in [1.807, 2.05) is 117 Å². The van der Waals surface area contributed by atoms with Crippen molar-refractivity contribution in [3.8, 4) is 118 Å². The quantitative estimate of drug-likeness (QED) is 0.120. The molecule has 0 amide bonds. The minimum Gasteiger partial charge on any atom is -0.309 e. The number of aryl methyl sites for hydroxylation is 1. The second-order valence-corrected chi connectivity index (χ2v) is 22.9. The SMILES string of the molecule is [C-]#[N+]c1cc(C)cc(-c2cc(-n3c4cc(-c5ccnc(-c6ccccc6)c5)ccc4c4ccc(-c5ccnc(-c6ccccc6)c5)cc43)c(C#N)cc2-n2c3cc(-c4ccnc(-c5ccccc5)c4)ccc3c3ccc(-c4ccnc(-c5ccccc5)c4)cc32)c1. The summed E-state index contributed by atoms with van der Waals surface area (Å²) >= 11 is 0. The summed E-state index contributed by atoms with van der Waals surface area (Å²) in [7, 11) is 0. The van der Waals surface area contributed by atoms with Gasteiger partial charge in [0.25, 0.3) is 0 Å². The van der Waals surface area contributed by atoms with Crippen LogP contribution in [0.4, 0.5) is 5.69 Å². The molecule has 0 radical (unpaired) electrons. The molecule has 8 nitrogen and oxygen atoms in total. The average Bonchev–Trinajstić information content (AvgIpc) is 1.61. The minimum absolute atomic E-state index is 0.461. The first-order valence-electron chi connectivity index (χ1n) is 30.2. The zero-order valence-corrected chi connectivity index (χ0v) is 49.4. The van der Waals surface area contributed by atoms with Crippen molar-refractivity contribution in [2.24, 2.45) is 0 Å². The van der Waals surface area contributed by atoms with Crippen molar-refractivity contribution < 1.29 is 0 Å². The predicted molar refractivity (Wildman–Crippen MR) is 371 cm³/mol. The minimum atomic E-state index is 0.461. The Morgan fingerprint density at radius 2 is 0.648 bits per heavy atom. The lowest BCUT2D eigenvalue weighted by Gasteiger charge is -2.20. The van der Waals surface area contributed by atoms with Gasteiger partial charge < -0.3 is 9.13 Å². The van der Waals surface area contributed by atoms with Crippen LogP contribution in [0.1, 0.15) is 11.1 Å². The van der Waals surface area contributed by atoms with Crippen molar-refractivity contribution in [3.05, 3.63) is 320 Å². The number of fused-ring (bicyclic) bond motifs is 6. The Kier molecular flexibility index (Phi) is 13.4. The fourth-order valence-electron chi connectivity index (χ4n) is 13.0. The zero-order valence-electron chi connectivity index (χ0n) is 49.4. The number of hydrogen-bond acceptors (Lipinski definition) is 5. The van der Waals surface area contributed by atoms with E-state index in [9.17, 15) is 5.26 Å². The molecule has 6 aromatic heterocycles. The maximum absolute atomic E-state index is 12.0. The molecule has 0 unspecified atom stereocenters. The van der Waals surface area contributed by atoms with Gasteiger partial charge in [-0.3, -0.25) is 19.9 Å². The first-order chi connectivity index (χ1) is 44.9. The molecule has 0 atom stereocenters. The third kappa shape index (κ3) is 9.84. The first-order valence-corrected chi connectivity index (χ1v) is 30.2. The Labute approximate surface area is 526 Å². The highest BCUT2D eigenvalue weighted by atomic mass is 15.0. The predicted octanol–water partition coefficient (Wildman–Crippen LogP) is 21.2. The maximum Gasteiger partial charge on any atom is 0.188 e. The van der Waals surface area contributed by atoms with Gasteiger partial charge in [0.2, 0.25) is 0 Å². The molecule has 0 aliphatic rings. The number of nitriles is 1. The standard InChI is InChI=1S/C83H52N8/c1-53-39-66(41-68(40-53)85-2)73-51-78(90-79-46-58(62-31-35-86-74(42-62)54-15-7-3-8-16-54)23-27-69(79)70-28-24-59(47-80(70)90)63-32-36-87-75(43-63)55-17-9-4-10-18-55)67(52-84)50-83(73)91-81-48-60(64-33-37-88-76(44-64)56-19-11-5-12-20-56)25-29-71(81)72-30-26-61(49-82(72)91)65-34-38-89-77(45-65)57-21-13-6-14-22-57/h3-51H,1H3. The Balaban J connectivity index is 0.978. The van der Waals surface area contributed by atoms with Gasteiger partial charge >= 0.3 is 0 Å². The van der Waals surface area contributed by atoms with Crippen LogP contribution in [-0.4, -0.2) is 29.1 Å². The van der Waals surface area contributed by atoms with Crippen LogP contribution in [0.5, 0.6) is 0 Å². The van der Waals surface area contributed by atoms with E-state index in [1.165, 1.54) is 0 Å². The largest absolute Gasteiger partial charge is 0.309 e. The van der Waals surface area contributed by atoms with Crippen molar-refractivity contribution in [3.63, 3.8) is 0 Å². The summed E-state index contributed by atoms with van der Waals surface area (Å²) in [6.45, 7) is 10.5. The van der Waals surface area contributed by atoms with E-state index >= 15 is 0 Å². The van der Waals surface area contributed by atoms with Gasteiger partial charge in [-0.15, -0.1) is 0 Å². The van der Waals surface area contributed by atoms with Crippen LogP contribution in [0.2, 0.25) is 0 Å². The van der Waals surface area contributed by atoms with E-state index in [0.29, 0.717) is 16.9 Å². The molecule has 16 aromatic rings. The summed E-state index contributed by atoms with van der Waals surface area (Å²) in [6.07, 6.45) is 7.50. The summed E-state index contributed by atoms with van der Waals surface area (Å²) < 4.78 is 4.61. The van der Waals surface area contributed by atoms with Gasteiger partial charge in [0.05, 0.1) is 68.4 Å². The molecule has 0 saturated heterocycles. The number of benzene rings is 10. The molecule has 91 heavy (non-hydrogen) atoms. The van der Waals surface area contributed by atoms with Crippen molar-refractivity contribution in [1.82, 2.24) is 29.1 Å². The number of pyridine rings is 4. The normalized spacial score (nSPS) is 11.3. The Morgan fingerprint density at radius 1 is 0.319 bits per heavy atom. The van der Waals surface area contributed by atoms with Crippen LogP contribution in [0.25, 0.3) is 160 Å². The maximum atomic E-state index is 12.0. The molecular weight excluding hydrogens is 1110 g/mol. The van der Waals surface area contributed by atoms with E-state index in [1.54, 1.807) is 0 Å². The van der Waals surface area contributed by atoms with E-state index in [4.69, 9.17) is 26.5 Å². The van der Waals surface area contributed by atoms with Crippen LogP contribution < -0.4 is 0 Å². The van der Waals surface area contributed by atoms with Gasteiger partial charge in [-0.2, -0.15) is 5.26 Å². The first kappa shape index (κ1) is 53.8. The van der Waals surface area contributed by atoms with Crippen LogP contribution in [-0.2, 0) is 0 Å². The van der Waals surface area contributed by atoms with E-state index < -0.39 is 0 Å². The fraction of sp³-hybridized carbons (Fsp3) is 0.0120. The lowest BCUT2D eigenvalue weighted by molar-refractivity contribution is 1.14. The third-order valence-corrected chi connectivity index (χ3v) is 17.4. The molecule has 0 bridgehead atoms. The lowest BCUT2D eigenvalue weighted by atomic mass is 9.97. The van der Waals surface area contributed by atoms with Crippen LogP contribution >= 0.6 is 0 Å². The summed E-state index contributed by atoms with van der Waals surface area (Å²) in [5, 5.41) is 16.2. The second kappa shape index (κ2) is 22.6. The molecular formula is C83H52N8. The van der Waals surface area contributed by atoms with Gasteiger partial charge in [0.15, 0.2) is 5.69 Å². The fourth-order valence-corrected chi connectivity index (χ4v) is 13.0. The average molecular weight is 1160 g/mol. The molecule has 10 aromatic carbocycles. The highest BCUT2D eigenvalue weighted by Gasteiger charge is 2.25.